The molecule has 0 heterocycles. The summed E-state index contributed by atoms with van der Waals surface area (Å²) in [6.07, 6.45) is 3.16. The van der Waals surface area contributed by atoms with Crippen molar-refractivity contribution < 1.29 is 14.4 Å². The normalized spacial score (nSPS) is 10.3. The summed E-state index contributed by atoms with van der Waals surface area (Å²) >= 11 is 0. The van der Waals surface area contributed by atoms with Crippen LogP contribution in [0.5, 0.6) is 0 Å². The number of amides is 1. The molecular formula is C9H13NO2. The van der Waals surface area contributed by atoms with Gasteiger partial charge in [-0.05, 0) is 18.7 Å². The Morgan fingerprint density at radius 3 is 1.83 bits per heavy atom. The molecule has 0 aliphatic rings. The third-order valence-electron chi connectivity index (χ3n) is 1.62. The average Bonchev–Trinajstić information content (AvgIpc) is 2.03. The number of quaternary nitrogens is 1. The molecule has 0 aromatic rings. The van der Waals surface area contributed by atoms with Crippen LogP contribution in [-0.2, 0) is 0 Å². The lowest BCUT2D eigenvalue weighted by Crippen LogP contribution is -2.54. The first-order chi connectivity index (χ1) is 5.63. The van der Waals surface area contributed by atoms with Gasteiger partial charge in [-0.1, -0.05) is 13.2 Å². The SMILES string of the molecule is C=CC[N+](C=C)(CC=C)C(=O)[O-]. The molecule has 0 aliphatic heterocycles. The van der Waals surface area contributed by atoms with E-state index in [1.54, 1.807) is 0 Å². The second kappa shape index (κ2) is 4.51. The molecule has 0 unspecified atom stereocenters. The molecule has 66 valence electrons. The highest BCUT2D eigenvalue weighted by atomic mass is 16.4. The summed E-state index contributed by atoms with van der Waals surface area (Å²) in [6, 6.07) is 0. The maximum atomic E-state index is 10.7. The summed E-state index contributed by atoms with van der Waals surface area (Å²) < 4.78 is -0.354. The van der Waals surface area contributed by atoms with Crippen LogP contribution in [-0.4, -0.2) is 23.7 Å². The van der Waals surface area contributed by atoms with Gasteiger partial charge in [0.1, 0.15) is 13.1 Å². The zero-order valence-electron chi connectivity index (χ0n) is 7.03. The third kappa shape index (κ3) is 2.07. The van der Waals surface area contributed by atoms with Gasteiger partial charge in [-0.3, -0.25) is 0 Å². The third-order valence-corrected chi connectivity index (χ3v) is 1.62. The van der Waals surface area contributed by atoms with Crippen LogP contribution >= 0.6 is 0 Å². The second-order valence-electron chi connectivity index (χ2n) is 2.43. The molecule has 0 bridgehead atoms. The van der Waals surface area contributed by atoms with Crippen LogP contribution in [0.3, 0.4) is 0 Å². The predicted octanol–water partition coefficient (Wildman–Crippen LogP) is 0.662. The maximum Gasteiger partial charge on any atom is 0.262 e. The van der Waals surface area contributed by atoms with Gasteiger partial charge in [0.2, 0.25) is 0 Å². The quantitative estimate of drug-likeness (QED) is 0.446. The van der Waals surface area contributed by atoms with Gasteiger partial charge >= 0.3 is 0 Å². The standard InChI is InChI=1S/C9H13NO2/c1-4-7-10(6-3,8-5-2)9(11)12/h4-6H,1-3,7-8H2. The van der Waals surface area contributed by atoms with E-state index in [2.05, 4.69) is 19.7 Å². The Hall–Kier alpha value is -1.35. The monoisotopic (exact) mass is 167 g/mol. The van der Waals surface area contributed by atoms with Crippen molar-refractivity contribution in [3.8, 4) is 0 Å². The Kier molecular flexibility index (Phi) is 4.00. The van der Waals surface area contributed by atoms with Gasteiger partial charge in [0.15, 0.2) is 0 Å². The Labute approximate surface area is 72.5 Å². The van der Waals surface area contributed by atoms with Crippen LogP contribution in [0, 0.1) is 0 Å². The van der Waals surface area contributed by atoms with Crippen LogP contribution in [0.2, 0.25) is 0 Å². The van der Waals surface area contributed by atoms with Crippen LogP contribution in [0.15, 0.2) is 38.1 Å². The van der Waals surface area contributed by atoms with Gasteiger partial charge in [0.25, 0.3) is 6.09 Å². The van der Waals surface area contributed by atoms with E-state index >= 15 is 0 Å². The minimum atomic E-state index is -1.19. The van der Waals surface area contributed by atoms with E-state index in [0.717, 1.165) is 0 Å². The number of rotatable bonds is 5. The van der Waals surface area contributed by atoms with Crippen LogP contribution < -0.4 is 5.11 Å². The summed E-state index contributed by atoms with van der Waals surface area (Å²) in [5.41, 5.74) is 0. The highest BCUT2D eigenvalue weighted by Gasteiger charge is 2.23. The first-order valence-electron chi connectivity index (χ1n) is 3.56. The van der Waals surface area contributed by atoms with Crippen molar-refractivity contribution in [3.05, 3.63) is 38.1 Å². The van der Waals surface area contributed by atoms with Crippen molar-refractivity contribution >= 4 is 6.09 Å². The van der Waals surface area contributed by atoms with Crippen molar-refractivity contribution in [1.82, 2.24) is 0 Å². The van der Waals surface area contributed by atoms with E-state index in [9.17, 15) is 9.90 Å². The Morgan fingerprint density at radius 1 is 1.25 bits per heavy atom. The molecule has 0 atom stereocenters. The van der Waals surface area contributed by atoms with E-state index in [-0.39, 0.29) is 17.6 Å². The molecule has 0 saturated heterocycles. The molecule has 0 aliphatic carbocycles. The zero-order chi connectivity index (χ0) is 9.61. The van der Waals surface area contributed by atoms with E-state index < -0.39 is 6.09 Å². The van der Waals surface area contributed by atoms with Crippen molar-refractivity contribution in [2.24, 2.45) is 0 Å². The molecule has 0 saturated carbocycles. The molecule has 3 nitrogen and oxygen atoms in total. The van der Waals surface area contributed by atoms with Gasteiger partial charge < -0.3 is 9.90 Å². The van der Waals surface area contributed by atoms with Crippen LogP contribution in [0.1, 0.15) is 0 Å². The summed E-state index contributed by atoms with van der Waals surface area (Å²) in [5.74, 6) is 0. The lowest BCUT2D eigenvalue weighted by Gasteiger charge is -2.31. The first kappa shape index (κ1) is 10.7. The fourth-order valence-corrected chi connectivity index (χ4v) is 0.908. The average molecular weight is 167 g/mol. The van der Waals surface area contributed by atoms with E-state index in [1.165, 1.54) is 18.4 Å². The van der Waals surface area contributed by atoms with Gasteiger partial charge in [-0.25, -0.2) is 4.48 Å². The summed E-state index contributed by atoms with van der Waals surface area (Å²) in [5, 5.41) is 10.7. The highest BCUT2D eigenvalue weighted by Crippen LogP contribution is 2.06. The molecule has 12 heavy (non-hydrogen) atoms. The molecule has 0 radical (unpaired) electrons. The molecule has 0 spiro atoms. The van der Waals surface area contributed by atoms with E-state index in [1.807, 2.05) is 0 Å². The van der Waals surface area contributed by atoms with Gasteiger partial charge in [-0.2, -0.15) is 0 Å². The molecule has 0 rings (SSSR count). The van der Waals surface area contributed by atoms with Crippen molar-refractivity contribution in [1.29, 1.82) is 0 Å². The van der Waals surface area contributed by atoms with Crippen LogP contribution in [0.4, 0.5) is 4.79 Å². The number of carbonyl (C=O) groups excluding carboxylic acids is 1. The summed E-state index contributed by atoms with van der Waals surface area (Å²) in [6.45, 7) is 10.9. The molecule has 0 aromatic heterocycles. The molecule has 3 heteroatoms. The van der Waals surface area contributed by atoms with Crippen molar-refractivity contribution in [3.63, 3.8) is 0 Å². The maximum absolute atomic E-state index is 10.7. The summed E-state index contributed by atoms with van der Waals surface area (Å²) in [4.78, 5) is 10.7. The minimum Gasteiger partial charge on any atom is -0.498 e. The number of carboxylic acid groups (broad SMARTS) is 1. The molecular weight excluding hydrogens is 154 g/mol. The topological polar surface area (TPSA) is 40.1 Å². The van der Waals surface area contributed by atoms with Gasteiger partial charge in [-0.15, -0.1) is 0 Å². The molecule has 0 fully saturated rings. The highest BCUT2D eigenvalue weighted by molar-refractivity contribution is 5.55. The van der Waals surface area contributed by atoms with Crippen molar-refractivity contribution in [2.75, 3.05) is 13.1 Å². The Balaban J connectivity index is 4.72. The zero-order valence-corrected chi connectivity index (χ0v) is 7.03. The second-order valence-corrected chi connectivity index (χ2v) is 2.43. The number of nitrogens with zero attached hydrogens (tertiary/aromatic N) is 1. The molecule has 0 N–H and O–H groups in total. The summed E-state index contributed by atoms with van der Waals surface area (Å²) in [7, 11) is 0. The Bertz CT molecular complexity index is 199. The largest absolute Gasteiger partial charge is 0.498 e. The Morgan fingerprint density at radius 2 is 1.67 bits per heavy atom. The molecule has 1 amide bonds. The van der Waals surface area contributed by atoms with Crippen molar-refractivity contribution in [2.45, 2.75) is 0 Å². The first-order valence-corrected chi connectivity index (χ1v) is 3.56. The fourth-order valence-electron chi connectivity index (χ4n) is 0.908. The van der Waals surface area contributed by atoms with E-state index in [4.69, 9.17) is 0 Å². The van der Waals surface area contributed by atoms with Gasteiger partial charge in [0, 0.05) is 0 Å². The minimum absolute atomic E-state index is 0.262. The number of hydrogen-bond acceptors (Lipinski definition) is 2. The van der Waals surface area contributed by atoms with Gasteiger partial charge in [0.05, 0.1) is 6.20 Å². The lowest BCUT2D eigenvalue weighted by molar-refractivity contribution is -0.815. The van der Waals surface area contributed by atoms with Crippen LogP contribution in [0.25, 0.3) is 0 Å². The fraction of sp³-hybridized carbons (Fsp3) is 0.222. The van der Waals surface area contributed by atoms with E-state index in [0.29, 0.717) is 0 Å². The smallest absolute Gasteiger partial charge is 0.262 e. The molecule has 0 aromatic carbocycles. The number of hydrogen-bond donors (Lipinski definition) is 0. The lowest BCUT2D eigenvalue weighted by atomic mass is 10.4. The predicted molar refractivity (Wildman–Crippen MR) is 46.0 cm³/mol. The number of carbonyl (C=O) groups is 1.